The first-order chi connectivity index (χ1) is 16.6. The van der Waals surface area contributed by atoms with E-state index in [1.165, 1.54) is 11.3 Å². The van der Waals surface area contributed by atoms with Gasteiger partial charge in [0, 0.05) is 22.1 Å². The second kappa shape index (κ2) is 9.46. The monoisotopic (exact) mass is 488 g/mol. The summed E-state index contributed by atoms with van der Waals surface area (Å²) >= 11 is 1.37. The molecule has 2 aromatic heterocycles. The van der Waals surface area contributed by atoms with E-state index in [-0.39, 0.29) is 17.2 Å². The van der Waals surface area contributed by atoms with Crippen LogP contribution in [0.25, 0.3) is 10.2 Å². The maximum Gasteiger partial charge on any atom is 0.266 e. The fourth-order valence-electron chi connectivity index (χ4n) is 3.73. The first-order valence-corrected chi connectivity index (χ1v) is 12.0. The molecule has 0 radical (unpaired) electrons. The number of carbonyl (C=O) groups is 2. The lowest BCUT2D eigenvalue weighted by Crippen LogP contribution is -2.16. The highest BCUT2D eigenvalue weighted by Gasteiger charge is 2.23. The normalized spacial score (nSPS) is 11.4. The Hall–Kier alpha value is -3.78. The van der Waals surface area contributed by atoms with E-state index in [9.17, 15) is 9.59 Å². The summed E-state index contributed by atoms with van der Waals surface area (Å²) in [6.07, 6.45) is 0. The van der Waals surface area contributed by atoms with Crippen LogP contribution in [0.3, 0.4) is 0 Å². The maximum absolute atomic E-state index is 13.1. The number of hydrogen-bond donors (Lipinski definition) is 2. The van der Waals surface area contributed by atoms with Crippen molar-refractivity contribution in [3.8, 4) is 5.75 Å². The number of carbonyl (C=O) groups excluding carboxylic acids is 2. The molecule has 2 heterocycles. The van der Waals surface area contributed by atoms with E-state index in [0.29, 0.717) is 27.6 Å². The highest BCUT2D eigenvalue weighted by atomic mass is 32.1. The minimum absolute atomic E-state index is 0.182. The number of rotatable bonds is 5. The molecule has 0 unspecified atom stereocenters. The van der Waals surface area contributed by atoms with Crippen molar-refractivity contribution in [3.63, 3.8) is 0 Å². The zero-order valence-electron chi connectivity index (χ0n) is 20.6. The summed E-state index contributed by atoms with van der Waals surface area (Å²) in [5, 5.41) is 6.70. The summed E-state index contributed by atoms with van der Waals surface area (Å²) in [5.74, 6) is 0.862. The first kappa shape index (κ1) is 24.3. The fourth-order valence-corrected chi connectivity index (χ4v) is 4.85. The van der Waals surface area contributed by atoms with E-state index in [1.54, 1.807) is 43.5 Å². The molecule has 4 rings (SSSR count). The molecular weight excluding hydrogens is 460 g/mol. The number of aromatic nitrogens is 2. The predicted octanol–water partition coefficient (Wildman–Crippen LogP) is 6.12. The van der Waals surface area contributed by atoms with Gasteiger partial charge in [-0.05, 0) is 55.8 Å². The Morgan fingerprint density at radius 2 is 1.60 bits per heavy atom. The van der Waals surface area contributed by atoms with Crippen LogP contribution in [0.2, 0.25) is 0 Å². The zero-order valence-corrected chi connectivity index (χ0v) is 21.5. The summed E-state index contributed by atoms with van der Waals surface area (Å²) in [4.78, 5) is 36.5. The van der Waals surface area contributed by atoms with Gasteiger partial charge in [-0.15, -0.1) is 11.3 Å². The summed E-state index contributed by atoms with van der Waals surface area (Å²) in [6.45, 7) is 10.1. The van der Waals surface area contributed by atoms with Gasteiger partial charge < -0.3 is 15.4 Å². The first-order valence-electron chi connectivity index (χ1n) is 11.2. The summed E-state index contributed by atoms with van der Waals surface area (Å²) in [5.41, 5.74) is 3.21. The van der Waals surface area contributed by atoms with E-state index >= 15 is 0 Å². The minimum atomic E-state index is -0.267. The molecule has 8 heteroatoms. The molecule has 0 spiro atoms. The van der Waals surface area contributed by atoms with Crippen molar-refractivity contribution in [2.75, 3.05) is 17.7 Å². The number of thiophene rings is 1. The molecule has 0 bridgehead atoms. The quantitative estimate of drug-likeness (QED) is 0.353. The number of nitrogens with zero attached hydrogens (tertiary/aromatic N) is 2. The van der Waals surface area contributed by atoms with Crippen LogP contribution in [0.4, 0.5) is 11.4 Å². The number of benzene rings is 2. The van der Waals surface area contributed by atoms with E-state index in [2.05, 4.69) is 36.4 Å². The van der Waals surface area contributed by atoms with Gasteiger partial charge in [0.05, 0.1) is 23.4 Å². The van der Waals surface area contributed by atoms with Crippen molar-refractivity contribution in [3.05, 3.63) is 76.1 Å². The van der Waals surface area contributed by atoms with Crippen molar-refractivity contribution in [1.82, 2.24) is 9.97 Å². The van der Waals surface area contributed by atoms with Gasteiger partial charge in [0.2, 0.25) is 0 Å². The Kier molecular flexibility index (Phi) is 6.58. The third-order valence-electron chi connectivity index (χ3n) is 5.61. The van der Waals surface area contributed by atoms with Crippen molar-refractivity contribution in [2.45, 2.75) is 40.0 Å². The smallest absolute Gasteiger partial charge is 0.266 e. The SMILES string of the molecule is COc1ccccc1NC(=O)c1ccc(NC(=O)c2sc3nc(C(C)(C)C)nc(C)c3c2C)cc1. The molecule has 2 aromatic carbocycles. The van der Waals surface area contributed by atoms with Gasteiger partial charge in [-0.3, -0.25) is 9.59 Å². The molecule has 2 N–H and O–H groups in total. The predicted molar refractivity (Wildman–Crippen MR) is 141 cm³/mol. The Morgan fingerprint density at radius 3 is 2.26 bits per heavy atom. The number of aryl methyl sites for hydroxylation is 2. The highest BCUT2D eigenvalue weighted by Crippen LogP contribution is 2.33. The van der Waals surface area contributed by atoms with E-state index < -0.39 is 0 Å². The van der Waals surface area contributed by atoms with Crippen molar-refractivity contribution >= 4 is 44.7 Å². The molecule has 4 aromatic rings. The lowest BCUT2D eigenvalue weighted by atomic mass is 9.95. The van der Waals surface area contributed by atoms with Gasteiger partial charge in [0.1, 0.15) is 16.4 Å². The Labute approximate surface area is 208 Å². The van der Waals surface area contributed by atoms with E-state index in [4.69, 9.17) is 9.72 Å². The molecular formula is C27H28N4O3S. The largest absolute Gasteiger partial charge is 0.495 e. The topological polar surface area (TPSA) is 93.2 Å². The molecule has 180 valence electrons. The van der Waals surface area contributed by atoms with Crippen LogP contribution in [0.15, 0.2) is 48.5 Å². The van der Waals surface area contributed by atoms with Crippen LogP contribution < -0.4 is 15.4 Å². The number of ether oxygens (including phenoxy) is 1. The van der Waals surface area contributed by atoms with E-state index in [1.807, 2.05) is 26.0 Å². The number of anilines is 2. The number of nitrogens with one attached hydrogen (secondary N) is 2. The summed E-state index contributed by atoms with van der Waals surface area (Å²) < 4.78 is 5.28. The Morgan fingerprint density at radius 1 is 0.914 bits per heavy atom. The fraction of sp³-hybridized carbons (Fsp3) is 0.259. The molecule has 0 saturated carbocycles. The highest BCUT2D eigenvalue weighted by molar-refractivity contribution is 7.20. The molecule has 35 heavy (non-hydrogen) atoms. The molecule has 2 amide bonds. The van der Waals surface area contributed by atoms with Crippen molar-refractivity contribution in [1.29, 1.82) is 0 Å². The van der Waals surface area contributed by atoms with Crippen LogP contribution >= 0.6 is 11.3 Å². The third-order valence-corrected chi connectivity index (χ3v) is 6.79. The molecule has 0 atom stereocenters. The standard InChI is InChI=1S/C27H28N4O3S/c1-15-21-16(2)28-26(27(3,4)5)31-25(21)35-22(15)24(33)29-18-13-11-17(12-14-18)23(32)30-19-9-7-8-10-20(19)34-6/h7-14H,1-6H3,(H,29,33)(H,30,32). The lowest BCUT2D eigenvalue weighted by Gasteiger charge is -2.16. The number of fused-ring (bicyclic) bond motifs is 1. The zero-order chi connectivity index (χ0) is 25.3. The van der Waals surface area contributed by atoms with Crippen LogP contribution in [0.5, 0.6) is 5.75 Å². The van der Waals surface area contributed by atoms with E-state index in [0.717, 1.165) is 27.3 Å². The Balaban J connectivity index is 1.52. The maximum atomic E-state index is 13.1. The second-order valence-electron chi connectivity index (χ2n) is 9.30. The van der Waals surface area contributed by atoms with Crippen molar-refractivity contribution in [2.24, 2.45) is 0 Å². The summed E-state index contributed by atoms with van der Waals surface area (Å²) in [6, 6.07) is 14.0. The molecule has 0 aliphatic carbocycles. The molecule has 0 aliphatic rings. The van der Waals surface area contributed by atoms with Crippen molar-refractivity contribution < 1.29 is 14.3 Å². The van der Waals surface area contributed by atoms with Gasteiger partial charge in [0.15, 0.2) is 0 Å². The van der Waals surface area contributed by atoms with Gasteiger partial charge >= 0.3 is 0 Å². The van der Waals surface area contributed by atoms with Gasteiger partial charge in [0.25, 0.3) is 11.8 Å². The van der Waals surface area contributed by atoms with Gasteiger partial charge in [-0.1, -0.05) is 32.9 Å². The lowest BCUT2D eigenvalue weighted by molar-refractivity contribution is 0.102. The van der Waals surface area contributed by atoms with Gasteiger partial charge in [-0.25, -0.2) is 9.97 Å². The van der Waals surface area contributed by atoms with Crippen LogP contribution in [0, 0.1) is 13.8 Å². The van der Waals surface area contributed by atoms with Gasteiger partial charge in [-0.2, -0.15) is 0 Å². The minimum Gasteiger partial charge on any atom is -0.495 e. The molecule has 0 aliphatic heterocycles. The number of hydrogen-bond acceptors (Lipinski definition) is 6. The average Bonchev–Trinajstić information content (AvgIpc) is 3.16. The molecule has 0 fully saturated rings. The summed E-state index contributed by atoms with van der Waals surface area (Å²) in [7, 11) is 1.55. The molecule has 7 nitrogen and oxygen atoms in total. The molecule has 0 saturated heterocycles. The number of amides is 2. The average molecular weight is 489 g/mol. The van der Waals surface area contributed by atoms with Crippen LogP contribution in [0.1, 0.15) is 57.9 Å². The van der Waals surface area contributed by atoms with Crippen LogP contribution in [-0.4, -0.2) is 28.9 Å². The third kappa shape index (κ3) is 5.02. The number of para-hydroxylation sites is 2. The van der Waals surface area contributed by atoms with Crippen LogP contribution in [-0.2, 0) is 5.41 Å². The second-order valence-corrected chi connectivity index (χ2v) is 10.3. The Bertz CT molecular complexity index is 1420. The number of methoxy groups -OCH3 is 1.